The van der Waals surface area contributed by atoms with Gasteiger partial charge in [-0.05, 0) is 28.1 Å². The summed E-state index contributed by atoms with van der Waals surface area (Å²) in [7, 11) is 0. The Bertz CT molecular complexity index is 373. The molecule has 0 amide bonds. The number of Topliss-reactive ketones (excluding diaryl/α,β-unsaturated/α-hetero) is 1. The molecule has 13 heavy (non-hydrogen) atoms. The van der Waals surface area contributed by atoms with Gasteiger partial charge in [-0.3, -0.25) is 4.79 Å². The van der Waals surface area contributed by atoms with Crippen LogP contribution in [-0.2, 0) is 0 Å². The minimum Gasteiger partial charge on any atom is -0.507 e. The van der Waals surface area contributed by atoms with E-state index in [9.17, 15) is 9.90 Å². The van der Waals surface area contributed by atoms with E-state index in [4.69, 9.17) is 4.74 Å². The lowest BCUT2D eigenvalue weighted by atomic mass is 10.1. The van der Waals surface area contributed by atoms with E-state index in [1.807, 2.05) is 0 Å². The molecule has 1 heterocycles. The molecule has 4 heteroatoms. The predicted octanol–water partition coefficient (Wildman–Crippen LogP) is 2.12. The van der Waals surface area contributed by atoms with Crippen LogP contribution in [0.2, 0.25) is 0 Å². The van der Waals surface area contributed by atoms with E-state index in [1.54, 1.807) is 6.07 Å². The van der Waals surface area contributed by atoms with Gasteiger partial charge in [0.05, 0.1) is 12.2 Å². The molecule has 0 unspecified atom stereocenters. The minimum absolute atomic E-state index is 0.0574. The fourth-order valence-corrected chi connectivity index (χ4v) is 1.75. The topological polar surface area (TPSA) is 46.5 Å². The highest BCUT2D eigenvalue weighted by molar-refractivity contribution is 9.10. The number of halogens is 1. The monoisotopic (exact) mass is 242 g/mol. The Kier molecular flexibility index (Phi) is 2.00. The average molecular weight is 243 g/mol. The number of benzene rings is 1. The molecule has 1 aromatic carbocycles. The number of ether oxygens (including phenoxy) is 1. The van der Waals surface area contributed by atoms with Gasteiger partial charge in [0, 0.05) is 6.42 Å². The Hall–Kier alpha value is -1.03. The van der Waals surface area contributed by atoms with Crippen LogP contribution in [0.5, 0.6) is 11.5 Å². The number of hydrogen-bond acceptors (Lipinski definition) is 3. The van der Waals surface area contributed by atoms with Gasteiger partial charge in [0.1, 0.15) is 16.0 Å². The molecule has 3 nitrogen and oxygen atoms in total. The number of fused-ring (bicyclic) bond motifs is 1. The highest BCUT2D eigenvalue weighted by Gasteiger charge is 2.22. The van der Waals surface area contributed by atoms with Crippen molar-refractivity contribution >= 4 is 21.7 Å². The molecule has 0 saturated carbocycles. The highest BCUT2D eigenvalue weighted by Crippen LogP contribution is 2.38. The van der Waals surface area contributed by atoms with E-state index in [1.165, 1.54) is 6.07 Å². The van der Waals surface area contributed by atoms with E-state index >= 15 is 0 Å². The maximum Gasteiger partial charge on any atom is 0.170 e. The Morgan fingerprint density at radius 1 is 1.46 bits per heavy atom. The van der Waals surface area contributed by atoms with Crippen molar-refractivity contribution in [2.75, 3.05) is 6.61 Å². The van der Waals surface area contributed by atoms with Crippen molar-refractivity contribution in [2.45, 2.75) is 6.42 Å². The smallest absolute Gasteiger partial charge is 0.170 e. The zero-order valence-corrected chi connectivity index (χ0v) is 8.30. The van der Waals surface area contributed by atoms with Crippen LogP contribution in [-0.4, -0.2) is 17.5 Å². The van der Waals surface area contributed by atoms with Gasteiger partial charge >= 0.3 is 0 Å². The Morgan fingerprint density at radius 3 is 3.00 bits per heavy atom. The molecule has 0 aromatic heterocycles. The summed E-state index contributed by atoms with van der Waals surface area (Å²) in [5, 5.41) is 9.32. The summed E-state index contributed by atoms with van der Waals surface area (Å²) in [4.78, 5) is 11.4. The molecular weight excluding hydrogens is 236 g/mol. The number of carbonyl (C=O) groups excluding carboxylic acids is 1. The van der Waals surface area contributed by atoms with Crippen LogP contribution in [0.25, 0.3) is 0 Å². The Morgan fingerprint density at radius 2 is 2.23 bits per heavy atom. The third kappa shape index (κ3) is 1.31. The lowest BCUT2D eigenvalue weighted by molar-refractivity contribution is 0.0932. The van der Waals surface area contributed by atoms with Crippen LogP contribution in [0.15, 0.2) is 16.6 Å². The third-order valence-electron chi connectivity index (χ3n) is 1.95. The van der Waals surface area contributed by atoms with Crippen LogP contribution in [0.4, 0.5) is 0 Å². The van der Waals surface area contributed by atoms with Crippen LogP contribution in [0, 0.1) is 0 Å². The second-order valence-corrected chi connectivity index (χ2v) is 3.59. The first kappa shape index (κ1) is 8.56. The van der Waals surface area contributed by atoms with E-state index in [0.29, 0.717) is 28.8 Å². The summed E-state index contributed by atoms with van der Waals surface area (Å²) in [6, 6.07) is 3.06. The Balaban J connectivity index is 2.63. The van der Waals surface area contributed by atoms with Gasteiger partial charge in [-0.1, -0.05) is 0 Å². The summed E-state index contributed by atoms with van der Waals surface area (Å²) in [6.45, 7) is 0.383. The molecule has 0 atom stereocenters. The molecule has 1 aliphatic heterocycles. The molecule has 0 spiro atoms. The van der Waals surface area contributed by atoms with Gasteiger partial charge in [-0.2, -0.15) is 0 Å². The number of aromatic hydroxyl groups is 1. The first-order valence-corrected chi connectivity index (χ1v) is 4.67. The van der Waals surface area contributed by atoms with Gasteiger partial charge in [0.2, 0.25) is 0 Å². The van der Waals surface area contributed by atoms with Gasteiger partial charge in [0.25, 0.3) is 0 Å². The maximum atomic E-state index is 11.4. The van der Waals surface area contributed by atoms with Crippen molar-refractivity contribution in [3.63, 3.8) is 0 Å². The van der Waals surface area contributed by atoms with Crippen molar-refractivity contribution in [1.82, 2.24) is 0 Å². The van der Waals surface area contributed by atoms with Gasteiger partial charge in [-0.25, -0.2) is 0 Å². The minimum atomic E-state index is 0.0574. The summed E-state index contributed by atoms with van der Waals surface area (Å²) in [6.07, 6.45) is 0.407. The number of phenols is 1. The van der Waals surface area contributed by atoms with Crippen molar-refractivity contribution < 1.29 is 14.6 Å². The second-order valence-electron chi connectivity index (χ2n) is 2.80. The van der Waals surface area contributed by atoms with Crippen molar-refractivity contribution in [2.24, 2.45) is 0 Å². The molecular formula is C9H7BrO3. The van der Waals surface area contributed by atoms with Gasteiger partial charge in [-0.15, -0.1) is 0 Å². The summed E-state index contributed by atoms with van der Waals surface area (Å²) < 4.78 is 5.73. The fourth-order valence-electron chi connectivity index (χ4n) is 1.29. The number of rotatable bonds is 0. The number of carbonyl (C=O) groups is 1. The number of ketones is 1. The molecule has 0 bridgehead atoms. The van der Waals surface area contributed by atoms with E-state index in [-0.39, 0.29) is 11.5 Å². The van der Waals surface area contributed by atoms with Crippen molar-refractivity contribution in [1.29, 1.82) is 0 Å². The molecule has 68 valence electrons. The molecule has 2 rings (SSSR count). The summed E-state index contributed by atoms with van der Waals surface area (Å²) in [5.41, 5.74) is 0.538. The van der Waals surface area contributed by atoms with Crippen LogP contribution >= 0.6 is 15.9 Å². The van der Waals surface area contributed by atoms with E-state index in [0.717, 1.165) is 0 Å². The van der Waals surface area contributed by atoms with Crippen LogP contribution in [0.1, 0.15) is 16.8 Å². The predicted molar refractivity (Wildman–Crippen MR) is 50.2 cm³/mol. The fraction of sp³-hybridized carbons (Fsp3) is 0.222. The lowest BCUT2D eigenvalue weighted by Gasteiger charge is -2.17. The largest absolute Gasteiger partial charge is 0.507 e. The van der Waals surface area contributed by atoms with Crippen LogP contribution in [0.3, 0.4) is 0 Å². The average Bonchev–Trinajstić information content (AvgIpc) is 2.12. The molecule has 1 aliphatic rings. The quantitative estimate of drug-likeness (QED) is 0.759. The molecule has 0 fully saturated rings. The van der Waals surface area contributed by atoms with E-state index in [2.05, 4.69) is 15.9 Å². The molecule has 0 saturated heterocycles. The zero-order valence-electron chi connectivity index (χ0n) is 6.71. The second kappa shape index (κ2) is 3.03. The standard InChI is InChI=1S/C9H7BrO3/c10-8-7(12)2-1-5-6(11)3-4-13-9(5)8/h1-2,12H,3-4H2. The van der Waals surface area contributed by atoms with E-state index < -0.39 is 0 Å². The van der Waals surface area contributed by atoms with Gasteiger partial charge < -0.3 is 9.84 Å². The molecule has 0 aliphatic carbocycles. The van der Waals surface area contributed by atoms with Crippen molar-refractivity contribution in [3.05, 3.63) is 22.2 Å². The third-order valence-corrected chi connectivity index (χ3v) is 2.72. The molecule has 1 N–H and O–H groups in total. The molecule has 1 aromatic rings. The van der Waals surface area contributed by atoms with Crippen molar-refractivity contribution in [3.8, 4) is 11.5 Å². The summed E-state index contributed by atoms with van der Waals surface area (Å²) in [5.74, 6) is 0.603. The lowest BCUT2D eigenvalue weighted by Crippen LogP contribution is -2.15. The number of hydrogen-bond donors (Lipinski definition) is 1. The SMILES string of the molecule is O=C1CCOc2c1ccc(O)c2Br. The first-order chi connectivity index (χ1) is 6.20. The summed E-state index contributed by atoms with van der Waals surface area (Å²) >= 11 is 3.17. The normalized spacial score (nSPS) is 15.0. The zero-order chi connectivity index (χ0) is 9.42. The number of phenolic OH excluding ortho intramolecular Hbond substituents is 1. The maximum absolute atomic E-state index is 11.4. The first-order valence-electron chi connectivity index (χ1n) is 3.87. The Labute approximate surface area is 83.5 Å². The molecule has 0 radical (unpaired) electrons. The highest BCUT2D eigenvalue weighted by atomic mass is 79.9. The van der Waals surface area contributed by atoms with Crippen LogP contribution < -0.4 is 4.74 Å². The van der Waals surface area contributed by atoms with Gasteiger partial charge in [0.15, 0.2) is 5.78 Å².